The number of benzene rings is 1. The zero-order chi connectivity index (χ0) is 21.2. The highest BCUT2D eigenvalue weighted by Gasteiger charge is 2.36. The zero-order valence-corrected chi connectivity index (χ0v) is 15.7. The van der Waals surface area contributed by atoms with E-state index in [1.54, 1.807) is 0 Å². The molecule has 0 aliphatic carbocycles. The smallest absolute Gasteiger partial charge is 0.433 e. The highest BCUT2D eigenvalue weighted by atomic mass is 19.4. The fourth-order valence-electron chi connectivity index (χ4n) is 2.70. The lowest BCUT2D eigenvalue weighted by Crippen LogP contribution is -2.16. The first-order valence-electron chi connectivity index (χ1n) is 8.70. The molecule has 0 N–H and O–H groups in total. The van der Waals surface area contributed by atoms with Crippen molar-refractivity contribution in [3.8, 4) is 11.3 Å². The summed E-state index contributed by atoms with van der Waals surface area (Å²) in [4.78, 5) is 18.4. The lowest BCUT2D eigenvalue weighted by Gasteiger charge is -2.12. The predicted molar refractivity (Wildman–Crippen MR) is 96.8 cm³/mol. The minimum Gasteiger partial charge on any atom is -0.462 e. The van der Waals surface area contributed by atoms with Crippen molar-refractivity contribution in [2.75, 3.05) is 27.2 Å². The average molecular weight is 410 g/mol. The van der Waals surface area contributed by atoms with Crippen molar-refractivity contribution in [1.82, 2.24) is 19.5 Å². The van der Waals surface area contributed by atoms with Gasteiger partial charge in [-0.2, -0.15) is 18.3 Å². The molecule has 2 aromatic heterocycles. The molecule has 3 aromatic rings. The van der Waals surface area contributed by atoms with Crippen LogP contribution in [-0.4, -0.2) is 52.7 Å². The van der Waals surface area contributed by atoms with Gasteiger partial charge in [-0.15, -0.1) is 0 Å². The first-order chi connectivity index (χ1) is 13.7. The Kier molecular flexibility index (Phi) is 5.83. The minimum absolute atomic E-state index is 0.0630. The Balaban J connectivity index is 2.01. The number of carbonyl (C=O) groups is 1. The number of halogens is 4. The van der Waals surface area contributed by atoms with E-state index in [4.69, 9.17) is 4.74 Å². The summed E-state index contributed by atoms with van der Waals surface area (Å²) in [6, 6.07) is 5.66. The van der Waals surface area contributed by atoms with Gasteiger partial charge in [-0.05, 0) is 50.8 Å². The number of hydrogen-bond acceptors (Lipinski definition) is 5. The van der Waals surface area contributed by atoms with Crippen LogP contribution in [0.4, 0.5) is 17.6 Å². The summed E-state index contributed by atoms with van der Waals surface area (Å²) in [5, 5.41) is 3.68. The lowest BCUT2D eigenvalue weighted by atomic mass is 10.1. The molecule has 0 spiro atoms. The molecule has 0 unspecified atom stereocenters. The predicted octanol–water partition coefficient (Wildman–Crippen LogP) is 3.66. The molecule has 0 amide bonds. The largest absolute Gasteiger partial charge is 0.462 e. The second-order valence-corrected chi connectivity index (χ2v) is 6.62. The minimum atomic E-state index is -4.74. The Morgan fingerprint density at radius 3 is 2.52 bits per heavy atom. The zero-order valence-electron chi connectivity index (χ0n) is 15.7. The van der Waals surface area contributed by atoms with Gasteiger partial charge in [0.1, 0.15) is 11.4 Å². The molecule has 3 rings (SSSR count). The normalized spacial score (nSPS) is 12.0. The van der Waals surface area contributed by atoms with Gasteiger partial charge in [0.15, 0.2) is 11.3 Å². The maximum absolute atomic E-state index is 13.5. The van der Waals surface area contributed by atoms with Gasteiger partial charge in [0.25, 0.3) is 0 Å². The second kappa shape index (κ2) is 8.16. The molecular weight excluding hydrogens is 392 g/mol. The van der Waals surface area contributed by atoms with Gasteiger partial charge in [0.2, 0.25) is 0 Å². The van der Waals surface area contributed by atoms with E-state index in [1.807, 2.05) is 19.0 Å². The van der Waals surface area contributed by atoms with Gasteiger partial charge in [-0.3, -0.25) is 0 Å². The Bertz CT molecular complexity index is 1010. The van der Waals surface area contributed by atoms with Crippen molar-refractivity contribution in [3.63, 3.8) is 0 Å². The highest BCUT2D eigenvalue weighted by Crippen LogP contribution is 2.32. The molecule has 154 valence electrons. The van der Waals surface area contributed by atoms with E-state index >= 15 is 0 Å². The van der Waals surface area contributed by atoms with Crippen LogP contribution in [0.1, 0.15) is 22.5 Å². The molecule has 10 heteroatoms. The van der Waals surface area contributed by atoms with E-state index < -0.39 is 23.7 Å². The van der Waals surface area contributed by atoms with Crippen molar-refractivity contribution in [2.45, 2.75) is 12.6 Å². The Morgan fingerprint density at radius 1 is 1.21 bits per heavy atom. The summed E-state index contributed by atoms with van der Waals surface area (Å²) in [5.41, 5.74) is -1.35. The lowest BCUT2D eigenvalue weighted by molar-refractivity contribution is -0.142. The van der Waals surface area contributed by atoms with Crippen molar-refractivity contribution >= 4 is 11.6 Å². The maximum Gasteiger partial charge on any atom is 0.433 e. The Hall–Kier alpha value is -3.01. The van der Waals surface area contributed by atoms with Gasteiger partial charge < -0.3 is 9.64 Å². The van der Waals surface area contributed by atoms with Gasteiger partial charge in [0, 0.05) is 12.1 Å². The molecule has 0 bridgehead atoms. The summed E-state index contributed by atoms with van der Waals surface area (Å²) in [7, 11) is 3.74. The monoisotopic (exact) mass is 410 g/mol. The highest BCUT2D eigenvalue weighted by molar-refractivity contribution is 5.96. The summed E-state index contributed by atoms with van der Waals surface area (Å²) < 4.78 is 59.5. The summed E-state index contributed by atoms with van der Waals surface area (Å²) in [5.74, 6) is -1.34. The van der Waals surface area contributed by atoms with E-state index in [0.717, 1.165) is 24.4 Å². The fraction of sp³-hybridized carbons (Fsp3) is 0.316. The van der Waals surface area contributed by atoms with Gasteiger partial charge in [0.05, 0.1) is 18.5 Å². The van der Waals surface area contributed by atoms with Crippen molar-refractivity contribution in [1.29, 1.82) is 0 Å². The van der Waals surface area contributed by atoms with Gasteiger partial charge >= 0.3 is 12.1 Å². The SMILES string of the molecule is CN(C)CCCOC(=O)c1cnn2c(C(F)(F)F)cc(-c3ccc(F)cc3)nc12. The van der Waals surface area contributed by atoms with E-state index in [0.29, 0.717) is 17.5 Å². The Labute approximate surface area is 163 Å². The number of ether oxygens (including phenoxy) is 1. The molecule has 0 fully saturated rings. The van der Waals surface area contributed by atoms with Crippen LogP contribution in [0.2, 0.25) is 0 Å². The summed E-state index contributed by atoms with van der Waals surface area (Å²) in [6.45, 7) is 0.797. The first kappa shape index (κ1) is 20.7. The van der Waals surface area contributed by atoms with Crippen molar-refractivity contribution < 1.29 is 27.1 Å². The molecule has 29 heavy (non-hydrogen) atoms. The average Bonchev–Trinajstić information content (AvgIpc) is 3.08. The van der Waals surface area contributed by atoms with Crippen LogP contribution in [0.25, 0.3) is 16.9 Å². The quantitative estimate of drug-likeness (QED) is 0.353. The van der Waals surface area contributed by atoms with E-state index in [2.05, 4.69) is 10.1 Å². The molecule has 0 saturated carbocycles. The standard InChI is InChI=1S/C19H18F4N4O2/c1-26(2)8-3-9-29-18(28)14-11-24-27-16(19(21,22)23)10-15(25-17(14)27)12-4-6-13(20)7-5-12/h4-7,10-11H,3,8-9H2,1-2H3. The van der Waals surface area contributed by atoms with Crippen LogP contribution in [0.3, 0.4) is 0 Å². The summed E-state index contributed by atoms with van der Waals surface area (Å²) >= 11 is 0. The van der Waals surface area contributed by atoms with Crippen LogP contribution >= 0.6 is 0 Å². The van der Waals surface area contributed by atoms with Crippen molar-refractivity contribution in [3.05, 3.63) is 53.6 Å². The topological polar surface area (TPSA) is 59.7 Å². The number of alkyl halides is 3. The molecule has 0 aliphatic rings. The maximum atomic E-state index is 13.5. The number of carbonyl (C=O) groups excluding carboxylic acids is 1. The van der Waals surface area contributed by atoms with Gasteiger partial charge in [-0.25, -0.2) is 18.7 Å². The number of esters is 1. The second-order valence-electron chi connectivity index (χ2n) is 6.62. The summed E-state index contributed by atoms with van der Waals surface area (Å²) in [6.07, 6.45) is -3.17. The fourth-order valence-corrected chi connectivity index (χ4v) is 2.70. The van der Waals surface area contributed by atoms with Crippen LogP contribution < -0.4 is 0 Å². The number of aromatic nitrogens is 3. The molecule has 0 atom stereocenters. The van der Waals surface area contributed by atoms with E-state index in [1.165, 1.54) is 12.1 Å². The first-order valence-corrected chi connectivity index (χ1v) is 8.70. The third-order valence-electron chi connectivity index (χ3n) is 4.10. The van der Waals surface area contributed by atoms with E-state index in [-0.39, 0.29) is 29.1 Å². The third kappa shape index (κ3) is 4.70. The molecular formula is C19H18F4N4O2. The Morgan fingerprint density at radius 2 is 1.90 bits per heavy atom. The molecule has 1 aromatic carbocycles. The molecule has 0 radical (unpaired) electrons. The van der Waals surface area contributed by atoms with Crippen LogP contribution in [0, 0.1) is 5.82 Å². The number of nitrogens with zero attached hydrogens (tertiary/aromatic N) is 4. The number of fused-ring (bicyclic) bond motifs is 1. The molecule has 2 heterocycles. The van der Waals surface area contributed by atoms with Crippen molar-refractivity contribution in [2.24, 2.45) is 0 Å². The molecule has 6 nitrogen and oxygen atoms in total. The van der Waals surface area contributed by atoms with Crippen LogP contribution in [0.5, 0.6) is 0 Å². The third-order valence-corrected chi connectivity index (χ3v) is 4.10. The van der Waals surface area contributed by atoms with Crippen LogP contribution in [-0.2, 0) is 10.9 Å². The molecule has 0 aliphatic heterocycles. The number of rotatable bonds is 6. The van der Waals surface area contributed by atoms with Gasteiger partial charge in [-0.1, -0.05) is 0 Å². The van der Waals surface area contributed by atoms with E-state index in [9.17, 15) is 22.4 Å². The number of hydrogen-bond donors (Lipinski definition) is 0. The molecule has 0 saturated heterocycles. The van der Waals surface area contributed by atoms with Crippen LogP contribution in [0.15, 0.2) is 36.5 Å².